The van der Waals surface area contributed by atoms with E-state index in [1.165, 1.54) is 12.1 Å². The number of carboxylic acid groups (broad SMARTS) is 2. The summed E-state index contributed by atoms with van der Waals surface area (Å²) in [5.74, 6) is -3.62. The van der Waals surface area contributed by atoms with Crippen LogP contribution in [-0.4, -0.2) is 34.1 Å². The lowest BCUT2D eigenvalue weighted by atomic mass is 10.1. The summed E-state index contributed by atoms with van der Waals surface area (Å²) >= 11 is 0. The highest BCUT2D eigenvalue weighted by Crippen LogP contribution is 2.06. The lowest BCUT2D eigenvalue weighted by molar-refractivity contribution is -0.140. The van der Waals surface area contributed by atoms with Crippen molar-refractivity contribution < 1.29 is 29.0 Å². The Hall–Kier alpha value is -2.44. The Labute approximate surface area is 114 Å². The highest BCUT2D eigenvalue weighted by atomic mass is 19.1. The van der Waals surface area contributed by atoms with Crippen LogP contribution in [-0.2, 0) is 9.59 Å². The predicted octanol–water partition coefficient (Wildman–Crippen LogP) is 1.26. The van der Waals surface area contributed by atoms with Gasteiger partial charge >= 0.3 is 11.9 Å². The quantitative estimate of drug-likeness (QED) is 0.699. The van der Waals surface area contributed by atoms with E-state index < -0.39 is 29.7 Å². The van der Waals surface area contributed by atoms with Gasteiger partial charge in [-0.1, -0.05) is 6.07 Å². The Kier molecular flexibility index (Phi) is 5.64. The summed E-state index contributed by atoms with van der Waals surface area (Å²) in [7, 11) is 0. The largest absolute Gasteiger partial charge is 0.481 e. The third-order valence-electron chi connectivity index (χ3n) is 2.57. The SMILES string of the molecule is O=C(O)CCC[C@@H](NC(=O)c1cccc(F)c1)C(=O)O. The molecule has 6 nitrogen and oxygen atoms in total. The van der Waals surface area contributed by atoms with Crippen molar-refractivity contribution in [2.45, 2.75) is 25.3 Å². The first-order valence-corrected chi connectivity index (χ1v) is 5.91. The van der Waals surface area contributed by atoms with Gasteiger partial charge in [-0.15, -0.1) is 0 Å². The second kappa shape index (κ2) is 7.22. The number of halogens is 1. The minimum atomic E-state index is -1.26. The van der Waals surface area contributed by atoms with Crippen LogP contribution in [0.2, 0.25) is 0 Å². The Bertz CT molecular complexity index is 517. The summed E-state index contributed by atoms with van der Waals surface area (Å²) in [6.07, 6.45) is -0.0714. The molecule has 0 unspecified atom stereocenters. The van der Waals surface area contributed by atoms with E-state index in [9.17, 15) is 18.8 Å². The maximum Gasteiger partial charge on any atom is 0.326 e. The molecule has 1 aromatic rings. The first kappa shape index (κ1) is 15.6. The summed E-state index contributed by atoms with van der Waals surface area (Å²) in [5.41, 5.74) is 0.00878. The summed E-state index contributed by atoms with van der Waals surface area (Å²) in [5, 5.41) is 19.7. The number of benzene rings is 1. The standard InChI is InChI=1S/C13H14FNO5/c14-9-4-1-3-8(7-9)12(18)15-10(13(19)20)5-2-6-11(16)17/h1,3-4,7,10H,2,5-6H2,(H,15,18)(H,16,17)(H,19,20)/t10-/m1/s1. The Morgan fingerprint density at radius 1 is 1.25 bits per heavy atom. The van der Waals surface area contributed by atoms with Crippen molar-refractivity contribution in [3.8, 4) is 0 Å². The molecule has 0 aliphatic carbocycles. The molecule has 1 atom stereocenters. The first-order valence-electron chi connectivity index (χ1n) is 5.91. The second-order valence-electron chi connectivity index (χ2n) is 4.16. The van der Waals surface area contributed by atoms with Gasteiger partial charge in [0.15, 0.2) is 0 Å². The van der Waals surface area contributed by atoms with Crippen LogP contribution < -0.4 is 5.32 Å². The monoisotopic (exact) mass is 283 g/mol. The van der Waals surface area contributed by atoms with Gasteiger partial charge in [0.1, 0.15) is 11.9 Å². The number of hydrogen-bond acceptors (Lipinski definition) is 3. The van der Waals surface area contributed by atoms with E-state index in [0.717, 1.165) is 12.1 Å². The van der Waals surface area contributed by atoms with E-state index in [0.29, 0.717) is 0 Å². The summed E-state index contributed by atoms with van der Waals surface area (Å²) in [6, 6.07) is 3.65. The fourth-order valence-electron chi connectivity index (χ4n) is 1.59. The molecule has 3 N–H and O–H groups in total. The molecule has 1 rings (SSSR count). The lowest BCUT2D eigenvalue weighted by Crippen LogP contribution is -2.40. The highest BCUT2D eigenvalue weighted by Gasteiger charge is 2.20. The van der Waals surface area contributed by atoms with E-state index in [2.05, 4.69) is 5.32 Å². The Morgan fingerprint density at radius 3 is 2.50 bits per heavy atom. The molecule has 0 aliphatic heterocycles. The molecule has 0 heterocycles. The number of carbonyl (C=O) groups is 3. The van der Waals surface area contributed by atoms with Crippen LogP contribution in [0.3, 0.4) is 0 Å². The van der Waals surface area contributed by atoms with E-state index in [1.54, 1.807) is 0 Å². The average molecular weight is 283 g/mol. The normalized spacial score (nSPS) is 11.7. The van der Waals surface area contributed by atoms with E-state index in [-0.39, 0.29) is 24.8 Å². The summed E-state index contributed by atoms with van der Waals surface area (Å²) < 4.78 is 13.0. The number of carboxylic acids is 2. The minimum Gasteiger partial charge on any atom is -0.481 e. The summed E-state index contributed by atoms with van der Waals surface area (Å²) in [6.45, 7) is 0. The number of carbonyl (C=O) groups excluding carboxylic acids is 1. The molecule has 0 fully saturated rings. The van der Waals surface area contributed by atoms with Crippen molar-refractivity contribution in [1.82, 2.24) is 5.32 Å². The molecule has 0 aromatic heterocycles. The van der Waals surface area contributed by atoms with Crippen LogP contribution in [0, 0.1) is 5.82 Å². The molecule has 108 valence electrons. The van der Waals surface area contributed by atoms with Gasteiger partial charge in [0.25, 0.3) is 5.91 Å². The fourth-order valence-corrected chi connectivity index (χ4v) is 1.59. The van der Waals surface area contributed by atoms with Crippen molar-refractivity contribution in [2.24, 2.45) is 0 Å². The van der Waals surface area contributed by atoms with Gasteiger partial charge in [-0.2, -0.15) is 0 Å². The van der Waals surface area contributed by atoms with Crippen molar-refractivity contribution >= 4 is 17.8 Å². The van der Waals surface area contributed by atoms with Gasteiger partial charge < -0.3 is 15.5 Å². The van der Waals surface area contributed by atoms with Gasteiger partial charge in [0, 0.05) is 12.0 Å². The van der Waals surface area contributed by atoms with Gasteiger partial charge in [-0.25, -0.2) is 9.18 Å². The maximum absolute atomic E-state index is 13.0. The smallest absolute Gasteiger partial charge is 0.326 e. The maximum atomic E-state index is 13.0. The predicted molar refractivity (Wildman–Crippen MR) is 66.8 cm³/mol. The van der Waals surface area contributed by atoms with Crippen LogP contribution in [0.25, 0.3) is 0 Å². The molecule has 1 aromatic carbocycles. The lowest BCUT2D eigenvalue weighted by Gasteiger charge is -2.14. The van der Waals surface area contributed by atoms with Crippen LogP contribution >= 0.6 is 0 Å². The zero-order chi connectivity index (χ0) is 15.1. The molecule has 7 heteroatoms. The van der Waals surface area contributed by atoms with E-state index >= 15 is 0 Å². The topological polar surface area (TPSA) is 104 Å². The number of hydrogen-bond donors (Lipinski definition) is 3. The number of amides is 1. The van der Waals surface area contributed by atoms with Gasteiger partial charge in [-0.05, 0) is 31.0 Å². The Morgan fingerprint density at radius 2 is 1.95 bits per heavy atom. The van der Waals surface area contributed by atoms with Gasteiger partial charge in [0.05, 0.1) is 0 Å². The third kappa shape index (κ3) is 5.05. The molecule has 0 bridgehead atoms. The van der Waals surface area contributed by atoms with Crippen LogP contribution in [0.4, 0.5) is 4.39 Å². The molecule has 20 heavy (non-hydrogen) atoms. The second-order valence-corrected chi connectivity index (χ2v) is 4.16. The molecule has 0 saturated carbocycles. The van der Waals surface area contributed by atoms with Crippen molar-refractivity contribution in [3.63, 3.8) is 0 Å². The van der Waals surface area contributed by atoms with E-state index in [4.69, 9.17) is 10.2 Å². The average Bonchev–Trinajstić information content (AvgIpc) is 2.36. The number of rotatable bonds is 7. The molecule has 0 saturated heterocycles. The minimum absolute atomic E-state index is 0.00878. The highest BCUT2D eigenvalue weighted by molar-refractivity contribution is 5.96. The molecule has 0 spiro atoms. The van der Waals surface area contributed by atoms with Crippen molar-refractivity contribution in [1.29, 1.82) is 0 Å². The zero-order valence-electron chi connectivity index (χ0n) is 10.5. The molecular formula is C13H14FNO5. The number of nitrogens with one attached hydrogen (secondary N) is 1. The molecule has 0 radical (unpaired) electrons. The number of aliphatic carboxylic acids is 2. The third-order valence-corrected chi connectivity index (χ3v) is 2.57. The van der Waals surface area contributed by atoms with Crippen LogP contribution in [0.1, 0.15) is 29.6 Å². The first-order chi connectivity index (χ1) is 9.40. The van der Waals surface area contributed by atoms with Crippen molar-refractivity contribution in [3.05, 3.63) is 35.6 Å². The van der Waals surface area contributed by atoms with Gasteiger partial charge in [0.2, 0.25) is 0 Å². The van der Waals surface area contributed by atoms with Crippen LogP contribution in [0.5, 0.6) is 0 Å². The van der Waals surface area contributed by atoms with E-state index in [1.807, 2.05) is 0 Å². The molecule has 0 aliphatic rings. The summed E-state index contributed by atoms with van der Waals surface area (Å²) in [4.78, 5) is 33.1. The van der Waals surface area contributed by atoms with Crippen molar-refractivity contribution in [2.75, 3.05) is 0 Å². The zero-order valence-corrected chi connectivity index (χ0v) is 10.5. The molecular weight excluding hydrogens is 269 g/mol. The van der Waals surface area contributed by atoms with Gasteiger partial charge in [-0.3, -0.25) is 9.59 Å². The molecule has 1 amide bonds. The fraction of sp³-hybridized carbons (Fsp3) is 0.308. The van der Waals surface area contributed by atoms with Crippen LogP contribution in [0.15, 0.2) is 24.3 Å². The Balaban J connectivity index is 2.63.